The molecule has 1 unspecified atom stereocenters. The van der Waals surface area contributed by atoms with E-state index in [0.717, 1.165) is 55.9 Å². The molecule has 2 aromatic heterocycles. The van der Waals surface area contributed by atoms with Crippen LogP contribution in [0.1, 0.15) is 52.7 Å². The first-order chi connectivity index (χ1) is 18.3. The van der Waals surface area contributed by atoms with Crippen molar-refractivity contribution in [2.45, 2.75) is 51.5 Å². The summed E-state index contributed by atoms with van der Waals surface area (Å²) in [5.41, 5.74) is 8.64. The fourth-order valence-corrected chi connectivity index (χ4v) is 5.43. The lowest BCUT2D eigenvalue weighted by atomic mass is 9.90. The number of halogens is 1. The lowest BCUT2D eigenvalue weighted by Crippen LogP contribution is -2.31. The largest absolute Gasteiger partial charge is 0.341 e. The van der Waals surface area contributed by atoms with Crippen molar-refractivity contribution in [2.24, 2.45) is 0 Å². The van der Waals surface area contributed by atoms with Gasteiger partial charge in [0.05, 0.1) is 29.3 Å². The van der Waals surface area contributed by atoms with E-state index in [1.54, 1.807) is 0 Å². The lowest BCUT2D eigenvalue weighted by Gasteiger charge is -2.34. The zero-order valence-corrected chi connectivity index (χ0v) is 23.2. The maximum Gasteiger partial charge on any atom is 0.121 e. The van der Waals surface area contributed by atoms with Crippen LogP contribution in [0.4, 0.5) is 0 Å². The van der Waals surface area contributed by atoms with Gasteiger partial charge in [0.15, 0.2) is 0 Å². The molecule has 6 heteroatoms. The smallest absolute Gasteiger partial charge is 0.121 e. The zero-order valence-electron chi connectivity index (χ0n) is 21.5. The van der Waals surface area contributed by atoms with Crippen molar-refractivity contribution < 1.29 is 0 Å². The molecule has 1 aliphatic rings. The van der Waals surface area contributed by atoms with E-state index in [-0.39, 0.29) is 23.0 Å². The summed E-state index contributed by atoms with van der Waals surface area (Å²) in [4.78, 5) is 15.8. The molecule has 0 saturated heterocycles. The number of H-pyrrole nitrogens is 1. The number of hydrogen-bond donors (Lipinski definition) is 2. The van der Waals surface area contributed by atoms with Crippen LogP contribution in [0, 0.1) is 0 Å². The summed E-state index contributed by atoms with van der Waals surface area (Å²) in [7, 11) is 0. The predicted octanol–water partition coefficient (Wildman–Crippen LogP) is 6.91. The van der Waals surface area contributed by atoms with E-state index in [1.165, 1.54) is 34.4 Å². The van der Waals surface area contributed by atoms with Gasteiger partial charge in [-0.1, -0.05) is 72.8 Å². The van der Waals surface area contributed by atoms with Gasteiger partial charge in [0.2, 0.25) is 0 Å². The van der Waals surface area contributed by atoms with Crippen LogP contribution >= 0.6 is 17.0 Å². The molecule has 0 saturated carbocycles. The van der Waals surface area contributed by atoms with E-state index >= 15 is 0 Å². The predicted molar refractivity (Wildman–Crippen MR) is 159 cm³/mol. The highest BCUT2D eigenvalue weighted by Gasteiger charge is 2.28. The summed E-state index contributed by atoms with van der Waals surface area (Å²) in [6.07, 6.45) is 5.36. The fraction of sp³-hybridized carbons (Fsp3) is 0.250. The van der Waals surface area contributed by atoms with Gasteiger partial charge in [0, 0.05) is 25.8 Å². The third kappa shape index (κ3) is 6.21. The Bertz CT molecular complexity index is 1420. The van der Waals surface area contributed by atoms with Crippen molar-refractivity contribution in [3.63, 3.8) is 0 Å². The van der Waals surface area contributed by atoms with Crippen LogP contribution in [-0.4, -0.2) is 19.9 Å². The molecule has 3 aromatic carbocycles. The Kier molecular flexibility index (Phi) is 8.64. The second-order valence-corrected chi connectivity index (χ2v) is 9.97. The molecule has 0 radical (unpaired) electrons. The van der Waals surface area contributed by atoms with E-state index < -0.39 is 0 Å². The van der Waals surface area contributed by atoms with Crippen LogP contribution in [-0.2, 0) is 32.6 Å². The van der Waals surface area contributed by atoms with Crippen molar-refractivity contribution in [1.29, 1.82) is 0 Å². The Morgan fingerprint density at radius 1 is 0.789 bits per heavy atom. The zero-order chi connectivity index (χ0) is 24.9. The van der Waals surface area contributed by atoms with Gasteiger partial charge in [0.25, 0.3) is 0 Å². The number of aryl methyl sites for hydroxylation is 1. The number of imidazole rings is 1. The summed E-state index contributed by atoms with van der Waals surface area (Å²) < 4.78 is 0. The van der Waals surface area contributed by atoms with Crippen molar-refractivity contribution in [1.82, 2.24) is 25.2 Å². The molecule has 0 amide bonds. The van der Waals surface area contributed by atoms with E-state index in [4.69, 9.17) is 9.97 Å². The number of hydrogen-bond acceptors (Lipinski definition) is 4. The van der Waals surface area contributed by atoms with E-state index in [2.05, 4.69) is 100 Å². The second kappa shape index (κ2) is 12.5. The summed E-state index contributed by atoms with van der Waals surface area (Å²) in [5.74, 6) is 1.01. The molecule has 0 fully saturated rings. The summed E-state index contributed by atoms with van der Waals surface area (Å²) in [6.45, 7) is 3.35. The van der Waals surface area contributed by atoms with Crippen molar-refractivity contribution in [3.05, 3.63) is 131 Å². The van der Waals surface area contributed by atoms with Gasteiger partial charge in [-0.05, 0) is 59.7 Å². The Balaban J connectivity index is 0.00000294. The average Bonchev–Trinajstić information content (AvgIpc) is 3.36. The van der Waals surface area contributed by atoms with Crippen molar-refractivity contribution in [3.8, 4) is 0 Å². The number of aromatic nitrogens is 3. The van der Waals surface area contributed by atoms with Gasteiger partial charge >= 0.3 is 0 Å². The molecule has 0 aliphatic heterocycles. The quantitative estimate of drug-likeness (QED) is 0.203. The van der Waals surface area contributed by atoms with Gasteiger partial charge in [-0.2, -0.15) is 0 Å². The number of nitrogens with zero attached hydrogens (tertiary/aromatic N) is 3. The minimum Gasteiger partial charge on any atom is -0.341 e. The number of fused-ring (bicyclic) bond motifs is 2. The Hall–Kier alpha value is -3.32. The lowest BCUT2D eigenvalue weighted by molar-refractivity contribution is 0.153. The minimum atomic E-state index is 0. The molecule has 5 nitrogen and oxygen atoms in total. The molecule has 0 bridgehead atoms. The normalized spacial score (nSPS) is 14.8. The standard InChI is InChI=1S/C32H33N5.BrH/c1-2-8-24(9-3-1)20-33-21-25-15-17-26(18-16-25)22-37(23-31-35-28-12-4-5-13-29(28)36-31)30-14-6-10-27-11-7-19-34-32(27)30;/h1-5,7-9,11-13,15-19,30,33H,6,10,14,20-23H2,(H,35,36);1H. The van der Waals surface area contributed by atoms with Crippen molar-refractivity contribution >= 4 is 28.0 Å². The summed E-state index contributed by atoms with van der Waals surface area (Å²) in [6, 6.07) is 32.4. The van der Waals surface area contributed by atoms with Crippen LogP contribution in [0.2, 0.25) is 0 Å². The second-order valence-electron chi connectivity index (χ2n) is 9.97. The highest BCUT2D eigenvalue weighted by Crippen LogP contribution is 2.34. The number of pyridine rings is 1. The van der Waals surface area contributed by atoms with Crippen LogP contribution in [0.5, 0.6) is 0 Å². The van der Waals surface area contributed by atoms with Crippen LogP contribution < -0.4 is 5.32 Å². The highest BCUT2D eigenvalue weighted by atomic mass is 79.9. The molecule has 2 N–H and O–H groups in total. The van der Waals surface area contributed by atoms with Crippen molar-refractivity contribution in [2.75, 3.05) is 0 Å². The third-order valence-electron chi connectivity index (χ3n) is 7.31. The summed E-state index contributed by atoms with van der Waals surface area (Å²) >= 11 is 0. The molecular formula is C32H34BrN5. The Morgan fingerprint density at radius 3 is 2.34 bits per heavy atom. The minimum absolute atomic E-state index is 0. The van der Waals surface area contributed by atoms with Gasteiger partial charge in [0.1, 0.15) is 5.82 Å². The van der Waals surface area contributed by atoms with Crippen LogP contribution in [0.3, 0.4) is 0 Å². The monoisotopic (exact) mass is 567 g/mol. The number of rotatable bonds is 9. The van der Waals surface area contributed by atoms with E-state index in [9.17, 15) is 0 Å². The number of nitrogens with one attached hydrogen (secondary N) is 2. The average molecular weight is 569 g/mol. The summed E-state index contributed by atoms with van der Waals surface area (Å²) in [5, 5.41) is 3.56. The topological polar surface area (TPSA) is 56.8 Å². The molecular weight excluding hydrogens is 534 g/mol. The molecule has 6 rings (SSSR count). The first kappa shape index (κ1) is 26.3. The van der Waals surface area contributed by atoms with Crippen LogP contribution in [0.15, 0.2) is 97.2 Å². The Morgan fingerprint density at radius 2 is 1.53 bits per heavy atom. The van der Waals surface area contributed by atoms with Gasteiger partial charge in [-0.3, -0.25) is 9.88 Å². The number of benzene rings is 3. The van der Waals surface area contributed by atoms with E-state index in [0.29, 0.717) is 0 Å². The first-order valence-electron chi connectivity index (χ1n) is 13.3. The maximum atomic E-state index is 4.89. The molecule has 2 heterocycles. The molecule has 1 atom stereocenters. The van der Waals surface area contributed by atoms with E-state index in [1.807, 2.05) is 12.3 Å². The Labute approximate surface area is 235 Å². The highest BCUT2D eigenvalue weighted by molar-refractivity contribution is 8.93. The van der Waals surface area contributed by atoms with Gasteiger partial charge in [-0.25, -0.2) is 4.98 Å². The molecule has 5 aromatic rings. The number of para-hydroxylation sites is 2. The third-order valence-corrected chi connectivity index (χ3v) is 7.31. The number of aromatic amines is 1. The SMILES string of the molecule is Br.c1ccc(CNCc2ccc(CN(Cc3nc4ccccc4[nH]3)C3CCCc4cccnc43)cc2)cc1. The molecule has 0 spiro atoms. The molecule has 1 aliphatic carbocycles. The molecule has 38 heavy (non-hydrogen) atoms. The molecule has 194 valence electrons. The first-order valence-corrected chi connectivity index (χ1v) is 13.3. The van der Waals surface area contributed by atoms with Crippen LogP contribution in [0.25, 0.3) is 11.0 Å². The van der Waals surface area contributed by atoms with Gasteiger partial charge in [-0.15, -0.1) is 17.0 Å². The fourth-order valence-electron chi connectivity index (χ4n) is 5.43. The van der Waals surface area contributed by atoms with Gasteiger partial charge < -0.3 is 10.3 Å². The maximum absolute atomic E-state index is 4.89.